The highest BCUT2D eigenvalue weighted by molar-refractivity contribution is 4.98. The molecule has 16 heavy (non-hydrogen) atoms. The van der Waals surface area contributed by atoms with E-state index in [1.54, 1.807) is 0 Å². The molecular weight excluding hydrogens is 222 g/mol. The van der Waals surface area contributed by atoms with Gasteiger partial charge in [0.15, 0.2) is 0 Å². The van der Waals surface area contributed by atoms with E-state index in [2.05, 4.69) is 14.7 Å². The molecule has 0 aromatic carbocycles. The van der Waals surface area contributed by atoms with E-state index < -0.39 is 17.3 Å². The summed E-state index contributed by atoms with van der Waals surface area (Å²) in [5.74, 6) is -3.79. The van der Waals surface area contributed by atoms with Crippen LogP contribution in [0.4, 0.5) is 8.78 Å². The number of aromatic nitrogens is 2. The van der Waals surface area contributed by atoms with Crippen LogP contribution in [0.5, 0.6) is 0 Å². The van der Waals surface area contributed by atoms with Crippen LogP contribution in [0.1, 0.15) is 25.1 Å². The Morgan fingerprint density at radius 2 is 2.31 bits per heavy atom. The molecule has 0 amide bonds. The second-order valence-electron chi connectivity index (χ2n) is 4.10. The van der Waals surface area contributed by atoms with E-state index in [-0.39, 0.29) is 18.9 Å². The summed E-state index contributed by atoms with van der Waals surface area (Å²) >= 11 is 0. The first kappa shape index (κ1) is 11.4. The smallest absolute Gasteiger partial charge is 0.307 e. The standard InChI is InChI=1S/C9H12F2N2O3/c1-8(10,11)7-12-6(16-13-7)4-9(14)2-3-15-5-9/h14H,2-5H2,1H3/t9-/m0/s1. The van der Waals surface area contributed by atoms with Crippen LogP contribution in [-0.2, 0) is 17.1 Å². The molecule has 0 spiro atoms. The van der Waals surface area contributed by atoms with Gasteiger partial charge in [0.05, 0.1) is 18.6 Å². The van der Waals surface area contributed by atoms with Gasteiger partial charge in [0.2, 0.25) is 11.7 Å². The highest BCUT2D eigenvalue weighted by atomic mass is 19.3. The number of rotatable bonds is 3. The van der Waals surface area contributed by atoms with Gasteiger partial charge < -0.3 is 14.4 Å². The number of hydrogen-bond donors (Lipinski definition) is 1. The number of halogens is 2. The van der Waals surface area contributed by atoms with Gasteiger partial charge in [0.25, 0.3) is 0 Å². The van der Waals surface area contributed by atoms with Crippen molar-refractivity contribution in [1.82, 2.24) is 10.1 Å². The van der Waals surface area contributed by atoms with Crippen LogP contribution < -0.4 is 0 Å². The minimum atomic E-state index is -3.13. The van der Waals surface area contributed by atoms with E-state index >= 15 is 0 Å². The highest BCUT2D eigenvalue weighted by Crippen LogP contribution is 2.26. The molecule has 5 nitrogen and oxygen atoms in total. The average molecular weight is 234 g/mol. The third kappa shape index (κ3) is 2.35. The van der Waals surface area contributed by atoms with Crippen molar-refractivity contribution >= 4 is 0 Å². The molecule has 0 unspecified atom stereocenters. The van der Waals surface area contributed by atoms with Crippen molar-refractivity contribution in [2.45, 2.75) is 31.3 Å². The largest absolute Gasteiger partial charge is 0.387 e. The van der Waals surface area contributed by atoms with E-state index in [0.717, 1.165) is 0 Å². The maximum Gasteiger partial charge on any atom is 0.307 e. The molecule has 7 heteroatoms. The van der Waals surface area contributed by atoms with Crippen LogP contribution in [0, 0.1) is 0 Å². The van der Waals surface area contributed by atoms with Crippen molar-refractivity contribution in [3.63, 3.8) is 0 Å². The molecule has 90 valence electrons. The molecule has 1 atom stereocenters. The molecular formula is C9H12F2N2O3. The van der Waals surface area contributed by atoms with Crippen molar-refractivity contribution in [1.29, 1.82) is 0 Å². The molecule has 1 N–H and O–H groups in total. The Hall–Kier alpha value is -1.08. The topological polar surface area (TPSA) is 68.4 Å². The molecule has 1 fully saturated rings. The normalized spacial score (nSPS) is 26.2. The molecule has 1 aliphatic rings. The molecule has 1 aromatic rings. The molecule has 2 heterocycles. The highest BCUT2D eigenvalue weighted by Gasteiger charge is 2.36. The van der Waals surface area contributed by atoms with E-state index in [1.807, 2.05) is 0 Å². The fourth-order valence-corrected chi connectivity index (χ4v) is 1.52. The second kappa shape index (κ2) is 3.74. The average Bonchev–Trinajstić information content (AvgIpc) is 2.74. The Bertz CT molecular complexity index is 369. The van der Waals surface area contributed by atoms with Gasteiger partial charge >= 0.3 is 5.92 Å². The molecule has 0 radical (unpaired) electrons. The summed E-state index contributed by atoms with van der Waals surface area (Å²) in [4.78, 5) is 3.55. The van der Waals surface area contributed by atoms with Crippen LogP contribution in [0.25, 0.3) is 0 Å². The first-order valence-electron chi connectivity index (χ1n) is 4.90. The zero-order valence-electron chi connectivity index (χ0n) is 8.74. The van der Waals surface area contributed by atoms with Gasteiger partial charge in [-0.1, -0.05) is 5.16 Å². The predicted molar refractivity (Wildman–Crippen MR) is 48.0 cm³/mol. The summed E-state index contributed by atoms with van der Waals surface area (Å²) in [7, 11) is 0. The summed E-state index contributed by atoms with van der Waals surface area (Å²) < 4.78 is 35.3. The molecule has 1 aliphatic heterocycles. The van der Waals surface area contributed by atoms with E-state index in [9.17, 15) is 13.9 Å². The lowest BCUT2D eigenvalue weighted by Gasteiger charge is -2.16. The van der Waals surface area contributed by atoms with Crippen molar-refractivity contribution < 1.29 is 23.1 Å². The van der Waals surface area contributed by atoms with Crippen LogP contribution in [-0.4, -0.2) is 34.1 Å². The third-order valence-corrected chi connectivity index (χ3v) is 2.42. The zero-order valence-corrected chi connectivity index (χ0v) is 8.74. The fraction of sp³-hybridized carbons (Fsp3) is 0.778. The minimum absolute atomic E-state index is 0.00419. The SMILES string of the molecule is CC(F)(F)c1noc(C[C@@]2(O)CCOC2)n1. The fourth-order valence-electron chi connectivity index (χ4n) is 1.52. The number of ether oxygens (including phenoxy) is 1. The maximum absolute atomic E-state index is 12.8. The van der Waals surface area contributed by atoms with E-state index in [1.165, 1.54) is 0 Å². The van der Waals surface area contributed by atoms with Crippen molar-refractivity contribution in [2.75, 3.05) is 13.2 Å². The predicted octanol–water partition coefficient (Wildman–Crippen LogP) is 0.875. The number of alkyl halides is 2. The molecule has 0 aliphatic carbocycles. The molecule has 1 saturated heterocycles. The first-order chi connectivity index (χ1) is 7.39. The van der Waals surface area contributed by atoms with Crippen molar-refractivity contribution in [3.8, 4) is 0 Å². The molecule has 1 aromatic heterocycles. The lowest BCUT2D eigenvalue weighted by atomic mass is 9.99. The van der Waals surface area contributed by atoms with Gasteiger partial charge in [-0.15, -0.1) is 0 Å². The van der Waals surface area contributed by atoms with Gasteiger partial charge in [0.1, 0.15) is 0 Å². The number of hydrogen-bond acceptors (Lipinski definition) is 5. The Kier molecular flexibility index (Phi) is 2.67. The van der Waals surface area contributed by atoms with E-state index in [0.29, 0.717) is 20.0 Å². The number of nitrogens with zero attached hydrogens (tertiary/aromatic N) is 2. The van der Waals surface area contributed by atoms with E-state index in [4.69, 9.17) is 4.74 Å². The van der Waals surface area contributed by atoms with Crippen LogP contribution in [0.3, 0.4) is 0 Å². The van der Waals surface area contributed by atoms with Gasteiger partial charge in [-0.3, -0.25) is 0 Å². The Balaban J connectivity index is 2.08. The lowest BCUT2D eigenvalue weighted by molar-refractivity contribution is 0.00559. The molecule has 2 rings (SSSR count). The summed E-state index contributed by atoms with van der Waals surface area (Å²) in [6.07, 6.45) is 0.476. The minimum Gasteiger partial charge on any atom is -0.387 e. The molecule has 0 bridgehead atoms. The summed E-state index contributed by atoms with van der Waals surface area (Å²) in [6, 6.07) is 0. The molecule has 0 saturated carbocycles. The van der Waals surface area contributed by atoms with Gasteiger partial charge in [-0.2, -0.15) is 13.8 Å². The summed E-state index contributed by atoms with van der Waals surface area (Å²) in [5.41, 5.74) is -1.08. The Morgan fingerprint density at radius 3 is 2.81 bits per heavy atom. The first-order valence-corrected chi connectivity index (χ1v) is 4.90. The van der Waals surface area contributed by atoms with Crippen molar-refractivity contribution in [3.05, 3.63) is 11.7 Å². The third-order valence-electron chi connectivity index (χ3n) is 2.42. The van der Waals surface area contributed by atoms with Crippen LogP contribution in [0.2, 0.25) is 0 Å². The summed E-state index contributed by atoms with van der Waals surface area (Å²) in [5, 5.41) is 13.1. The summed E-state index contributed by atoms with van der Waals surface area (Å²) in [6.45, 7) is 1.30. The lowest BCUT2D eigenvalue weighted by Crippen LogP contribution is -2.31. The zero-order chi connectivity index (χ0) is 11.8. The van der Waals surface area contributed by atoms with Gasteiger partial charge in [-0.25, -0.2) is 0 Å². The maximum atomic E-state index is 12.8. The second-order valence-corrected chi connectivity index (χ2v) is 4.10. The number of aliphatic hydroxyl groups is 1. The monoisotopic (exact) mass is 234 g/mol. The van der Waals surface area contributed by atoms with Gasteiger partial charge in [-0.05, 0) is 0 Å². The quantitative estimate of drug-likeness (QED) is 0.840. The van der Waals surface area contributed by atoms with Crippen molar-refractivity contribution in [2.24, 2.45) is 0 Å². The van der Waals surface area contributed by atoms with Gasteiger partial charge in [0, 0.05) is 20.0 Å². The van der Waals surface area contributed by atoms with Crippen LogP contribution >= 0.6 is 0 Å². The Labute approximate surface area is 90.4 Å². The van der Waals surface area contributed by atoms with Crippen LogP contribution in [0.15, 0.2) is 4.52 Å². The Morgan fingerprint density at radius 1 is 1.56 bits per heavy atom.